The van der Waals surface area contributed by atoms with E-state index in [1.165, 1.54) is 4.68 Å². The monoisotopic (exact) mass is 627 g/mol. The van der Waals surface area contributed by atoms with E-state index in [0.29, 0.717) is 37.4 Å². The number of piperazine rings is 1. The number of rotatable bonds is 11. The Labute approximate surface area is 270 Å². The van der Waals surface area contributed by atoms with Crippen LogP contribution in [0.4, 0.5) is 5.69 Å². The Morgan fingerprint density at radius 1 is 1.02 bits per heavy atom. The van der Waals surface area contributed by atoms with E-state index in [1.54, 1.807) is 20.0 Å². The molecule has 4 amide bonds. The molecule has 0 spiro atoms. The fraction of sp³-hybridized carbons (Fsp3) is 0.457. The molecule has 46 heavy (non-hydrogen) atoms. The van der Waals surface area contributed by atoms with Gasteiger partial charge in [-0.05, 0) is 48.1 Å². The Hall–Kier alpha value is -4.51. The molecule has 2 aromatic carbocycles. The van der Waals surface area contributed by atoms with Crippen molar-refractivity contribution in [3.8, 4) is 0 Å². The lowest BCUT2D eigenvalue weighted by molar-refractivity contribution is -0.137. The van der Waals surface area contributed by atoms with Gasteiger partial charge < -0.3 is 26.6 Å². The van der Waals surface area contributed by atoms with Crippen LogP contribution in [0.25, 0.3) is 0 Å². The topological polar surface area (TPSA) is 151 Å². The van der Waals surface area contributed by atoms with Gasteiger partial charge in [-0.25, -0.2) is 0 Å². The number of carbonyl (C=O) groups excluding carboxylic acids is 4. The minimum absolute atomic E-state index is 0.0234. The molecular weight excluding hydrogens is 582 g/mol. The number of nitrogens with zero attached hydrogens (tertiary/aromatic N) is 3. The van der Waals surface area contributed by atoms with Gasteiger partial charge in [0.05, 0.1) is 11.6 Å². The number of hydrogen-bond donors (Lipinski definition) is 4. The molecule has 5 rings (SSSR count). The van der Waals surface area contributed by atoms with Crippen LogP contribution in [-0.4, -0.2) is 64.0 Å². The highest BCUT2D eigenvalue weighted by Crippen LogP contribution is 2.37. The highest BCUT2D eigenvalue weighted by Gasteiger charge is 2.34. The Balaban J connectivity index is 1.28. The summed E-state index contributed by atoms with van der Waals surface area (Å²) in [7, 11) is 1.66. The number of benzene rings is 2. The molecule has 1 aliphatic carbocycles. The Kier molecular flexibility index (Phi) is 10.8. The molecule has 3 atom stereocenters. The summed E-state index contributed by atoms with van der Waals surface area (Å²) >= 11 is 0. The number of primary amides is 1. The summed E-state index contributed by atoms with van der Waals surface area (Å²) in [5, 5.41) is 14.0. The first-order valence-corrected chi connectivity index (χ1v) is 16.3. The molecule has 1 saturated carbocycles. The summed E-state index contributed by atoms with van der Waals surface area (Å²) in [5.41, 5.74) is 8.95. The second-order valence-corrected chi connectivity index (χ2v) is 12.4. The van der Waals surface area contributed by atoms with E-state index >= 15 is 0 Å². The van der Waals surface area contributed by atoms with Gasteiger partial charge >= 0.3 is 0 Å². The smallest absolute Gasteiger partial charge is 0.266 e. The molecule has 2 aliphatic rings. The van der Waals surface area contributed by atoms with Crippen LogP contribution >= 0.6 is 0 Å². The fourth-order valence-electron chi connectivity index (χ4n) is 6.68. The molecule has 0 radical (unpaired) electrons. The van der Waals surface area contributed by atoms with Crippen molar-refractivity contribution in [1.82, 2.24) is 25.3 Å². The summed E-state index contributed by atoms with van der Waals surface area (Å²) in [4.78, 5) is 53.7. The molecular formula is C35H45N7O4. The second-order valence-electron chi connectivity index (χ2n) is 12.4. The quantitative estimate of drug-likeness (QED) is 0.256. The van der Waals surface area contributed by atoms with E-state index in [4.69, 9.17) is 5.73 Å². The van der Waals surface area contributed by atoms with Crippen molar-refractivity contribution in [2.45, 2.75) is 69.9 Å². The molecule has 11 nitrogen and oxygen atoms in total. The zero-order valence-electron chi connectivity index (χ0n) is 26.7. The van der Waals surface area contributed by atoms with Crippen LogP contribution in [0.3, 0.4) is 0 Å². The van der Waals surface area contributed by atoms with Gasteiger partial charge in [-0.2, -0.15) is 5.10 Å². The Morgan fingerprint density at radius 3 is 2.39 bits per heavy atom. The zero-order valence-corrected chi connectivity index (χ0v) is 26.7. The minimum atomic E-state index is -0.707. The van der Waals surface area contributed by atoms with Crippen molar-refractivity contribution in [2.75, 3.05) is 25.0 Å². The number of amides is 4. The molecule has 244 valence electrons. The molecule has 2 fully saturated rings. The fourth-order valence-corrected chi connectivity index (χ4v) is 6.68. The first-order valence-electron chi connectivity index (χ1n) is 16.3. The Morgan fingerprint density at radius 2 is 1.74 bits per heavy atom. The van der Waals surface area contributed by atoms with Crippen LogP contribution in [0.5, 0.6) is 0 Å². The van der Waals surface area contributed by atoms with E-state index in [2.05, 4.69) is 21.0 Å². The van der Waals surface area contributed by atoms with Crippen LogP contribution in [0.2, 0.25) is 0 Å². The molecule has 1 aromatic heterocycles. The van der Waals surface area contributed by atoms with Crippen molar-refractivity contribution in [2.24, 2.45) is 18.7 Å². The van der Waals surface area contributed by atoms with Crippen LogP contribution < -0.4 is 21.7 Å². The van der Waals surface area contributed by atoms with E-state index in [9.17, 15) is 19.2 Å². The normalized spacial score (nSPS) is 18.4. The van der Waals surface area contributed by atoms with Gasteiger partial charge in [0.1, 0.15) is 11.7 Å². The van der Waals surface area contributed by atoms with Gasteiger partial charge in [-0.15, -0.1) is 0 Å². The van der Waals surface area contributed by atoms with Crippen molar-refractivity contribution >= 4 is 29.3 Å². The Bertz CT molecular complexity index is 1520. The van der Waals surface area contributed by atoms with Crippen molar-refractivity contribution in [3.05, 3.63) is 83.2 Å². The van der Waals surface area contributed by atoms with Gasteiger partial charge in [-0.1, -0.05) is 68.7 Å². The third-order valence-corrected chi connectivity index (χ3v) is 9.18. The van der Waals surface area contributed by atoms with Crippen molar-refractivity contribution in [1.29, 1.82) is 0 Å². The lowest BCUT2D eigenvalue weighted by atomic mass is 9.78. The second kappa shape index (κ2) is 15.2. The maximum Gasteiger partial charge on any atom is 0.266 e. The summed E-state index contributed by atoms with van der Waals surface area (Å²) in [5.74, 6) is -1.45. The van der Waals surface area contributed by atoms with Gasteiger partial charge in [0.15, 0.2) is 0 Å². The highest BCUT2D eigenvalue weighted by atomic mass is 16.2. The van der Waals surface area contributed by atoms with Gasteiger partial charge in [0, 0.05) is 51.3 Å². The summed E-state index contributed by atoms with van der Waals surface area (Å²) in [6.07, 6.45) is 5.68. The number of anilines is 1. The number of aryl methyl sites for hydroxylation is 1. The third kappa shape index (κ3) is 8.00. The van der Waals surface area contributed by atoms with Crippen LogP contribution in [0.15, 0.2) is 60.7 Å². The lowest BCUT2D eigenvalue weighted by Gasteiger charge is -2.36. The average molecular weight is 628 g/mol. The van der Waals surface area contributed by atoms with Crippen molar-refractivity contribution < 1.29 is 19.2 Å². The van der Waals surface area contributed by atoms with E-state index < -0.39 is 17.9 Å². The van der Waals surface area contributed by atoms with Gasteiger partial charge in [-0.3, -0.25) is 23.9 Å². The maximum atomic E-state index is 13.8. The first kappa shape index (κ1) is 32.9. The number of nitrogens with one attached hydrogen (secondary N) is 3. The van der Waals surface area contributed by atoms with E-state index in [-0.39, 0.29) is 41.8 Å². The largest absolute Gasteiger partial charge is 0.364 e. The number of aromatic nitrogens is 2. The predicted molar refractivity (Wildman–Crippen MR) is 176 cm³/mol. The summed E-state index contributed by atoms with van der Waals surface area (Å²) < 4.78 is 1.44. The van der Waals surface area contributed by atoms with Gasteiger partial charge in [0.25, 0.3) is 5.91 Å². The van der Waals surface area contributed by atoms with Gasteiger partial charge in [0.2, 0.25) is 17.7 Å². The molecule has 0 unspecified atom stereocenters. The molecule has 0 bridgehead atoms. The lowest BCUT2D eigenvalue weighted by Crippen LogP contribution is -2.55. The molecule has 5 N–H and O–H groups in total. The number of nitrogens with two attached hydrogens (primary N) is 1. The SMILES string of the molecule is CCC(=O)N[C@H](Cc1ccc(NC(=O)[C@H](c2cc(C(N)=O)n(C)n2)C2CCCCC2)cc1)C(=O)N1CCN[C@H](c2ccccc2)C1. The average Bonchev–Trinajstić information content (AvgIpc) is 3.46. The zero-order chi connectivity index (χ0) is 32.6. The minimum Gasteiger partial charge on any atom is -0.364 e. The summed E-state index contributed by atoms with van der Waals surface area (Å²) in [6.45, 7) is 3.51. The molecule has 1 aliphatic heterocycles. The van der Waals surface area contributed by atoms with Crippen molar-refractivity contribution in [3.63, 3.8) is 0 Å². The third-order valence-electron chi connectivity index (χ3n) is 9.18. The molecule has 3 aromatic rings. The van der Waals surface area contributed by atoms with Crippen LogP contribution in [0.1, 0.15) is 84.7 Å². The molecule has 11 heteroatoms. The molecule has 2 heterocycles. The van der Waals surface area contributed by atoms with Crippen LogP contribution in [0, 0.1) is 5.92 Å². The van der Waals surface area contributed by atoms with E-state index in [0.717, 1.165) is 43.2 Å². The first-order chi connectivity index (χ1) is 22.2. The maximum absolute atomic E-state index is 13.8. The number of hydrogen-bond acceptors (Lipinski definition) is 6. The molecule has 1 saturated heterocycles. The number of carbonyl (C=O) groups is 4. The predicted octanol–water partition coefficient (Wildman–Crippen LogP) is 3.43. The summed E-state index contributed by atoms with van der Waals surface area (Å²) in [6, 6.07) is 18.4. The standard InChI is InChI=1S/C35H45N7O4/c1-3-31(43)39-28(35(46)42-19-18-37-29(22-42)24-10-6-4-7-11-24)20-23-14-16-26(17-15-23)38-34(45)32(25-12-8-5-9-13-25)27-21-30(33(36)44)41(2)40-27/h4,6-7,10-11,14-17,21,25,28-29,32,37H,3,5,8-9,12-13,18-20,22H2,1-2H3,(H2,36,44)(H,38,45)(H,39,43)/t28-,29+,32+/m1/s1. The highest BCUT2D eigenvalue weighted by molar-refractivity contribution is 5.97. The van der Waals surface area contributed by atoms with Crippen LogP contribution in [-0.2, 0) is 27.9 Å². The van der Waals surface area contributed by atoms with E-state index in [1.807, 2.05) is 59.5 Å².